The van der Waals surface area contributed by atoms with Crippen LogP contribution >= 0.6 is 0 Å². The minimum Gasteiger partial charge on any atom is -0.450 e. The molecule has 1 aromatic rings. The molecule has 0 radical (unpaired) electrons. The lowest BCUT2D eigenvalue weighted by Crippen LogP contribution is -2.36. The van der Waals surface area contributed by atoms with Gasteiger partial charge < -0.3 is 15.5 Å². The molecule has 0 saturated carbocycles. The molecular formula is C13H18N4O2. The van der Waals surface area contributed by atoms with Crippen LogP contribution in [0.15, 0.2) is 24.4 Å². The number of hydrogen-bond donors (Lipinski definition) is 2. The largest absolute Gasteiger partial charge is 0.450 e. The van der Waals surface area contributed by atoms with E-state index in [0.29, 0.717) is 26.1 Å². The predicted octanol–water partition coefficient (Wildman–Crippen LogP) is 0.927. The highest BCUT2D eigenvalue weighted by Gasteiger charge is 2.19. The topological polar surface area (TPSA) is 84.3 Å². The Hall–Kier alpha value is -2.24. The van der Waals surface area contributed by atoms with Gasteiger partial charge in [0.1, 0.15) is 0 Å². The Bertz CT molecular complexity index is 562. The summed E-state index contributed by atoms with van der Waals surface area (Å²) in [4.78, 5) is 13.2. The van der Waals surface area contributed by atoms with Crippen molar-refractivity contribution in [2.24, 2.45) is 0 Å². The van der Waals surface area contributed by atoms with Gasteiger partial charge in [0.2, 0.25) is 0 Å². The van der Waals surface area contributed by atoms with Gasteiger partial charge in [0, 0.05) is 24.8 Å². The number of nitrogens with one attached hydrogen (secondary N) is 1. The fourth-order valence-electron chi connectivity index (χ4n) is 2.08. The normalized spacial score (nSPS) is 15.0. The standard InChI is InChI=1S/C13H18N4O2/c1-2-19-13(18)16-8-5-10(6-9-16)11-4-3-7-17(15)12(11)14/h3-5,7,14H,2,6,8-9,15H2,1H3. The summed E-state index contributed by atoms with van der Waals surface area (Å²) < 4.78 is 6.25. The van der Waals surface area contributed by atoms with Gasteiger partial charge in [-0.05, 0) is 31.1 Å². The third-order valence-corrected chi connectivity index (χ3v) is 3.10. The number of nitrogens with zero attached hydrogens (tertiary/aromatic N) is 2. The van der Waals surface area contributed by atoms with Crippen molar-refractivity contribution in [1.29, 1.82) is 5.41 Å². The first-order valence-corrected chi connectivity index (χ1v) is 6.26. The molecule has 102 valence electrons. The molecule has 0 spiro atoms. The summed E-state index contributed by atoms with van der Waals surface area (Å²) in [6, 6.07) is 3.68. The van der Waals surface area contributed by atoms with Crippen molar-refractivity contribution in [1.82, 2.24) is 9.58 Å². The van der Waals surface area contributed by atoms with Gasteiger partial charge in [0.05, 0.1) is 6.61 Å². The van der Waals surface area contributed by atoms with Crippen LogP contribution in [0.4, 0.5) is 4.79 Å². The Kier molecular flexibility index (Phi) is 3.89. The third kappa shape index (κ3) is 2.78. The van der Waals surface area contributed by atoms with E-state index in [9.17, 15) is 4.79 Å². The van der Waals surface area contributed by atoms with E-state index in [2.05, 4.69) is 0 Å². The Balaban J connectivity index is 2.15. The Morgan fingerprint density at radius 3 is 3.00 bits per heavy atom. The van der Waals surface area contributed by atoms with Gasteiger partial charge in [-0.15, -0.1) is 0 Å². The van der Waals surface area contributed by atoms with E-state index in [1.54, 1.807) is 18.0 Å². The number of hydrogen-bond acceptors (Lipinski definition) is 4. The third-order valence-electron chi connectivity index (χ3n) is 3.10. The van der Waals surface area contributed by atoms with Crippen molar-refractivity contribution in [3.63, 3.8) is 0 Å². The number of nitrogen functional groups attached to an aromatic ring is 1. The number of carbonyl (C=O) groups is 1. The molecule has 2 heterocycles. The smallest absolute Gasteiger partial charge is 0.410 e. The van der Waals surface area contributed by atoms with Crippen molar-refractivity contribution in [2.45, 2.75) is 13.3 Å². The van der Waals surface area contributed by atoms with Crippen LogP contribution in [0.3, 0.4) is 0 Å². The summed E-state index contributed by atoms with van der Waals surface area (Å²) >= 11 is 0. The van der Waals surface area contributed by atoms with E-state index >= 15 is 0 Å². The Morgan fingerprint density at radius 1 is 1.58 bits per heavy atom. The second-order valence-electron chi connectivity index (χ2n) is 4.30. The number of pyridine rings is 1. The molecule has 2 rings (SSSR count). The summed E-state index contributed by atoms with van der Waals surface area (Å²) in [5.74, 6) is 5.66. The first-order valence-electron chi connectivity index (χ1n) is 6.26. The maximum atomic E-state index is 11.6. The SMILES string of the molecule is CCOC(=O)N1CC=C(c2cccn(N)c2=N)CC1. The monoisotopic (exact) mass is 262 g/mol. The predicted molar refractivity (Wildman–Crippen MR) is 71.6 cm³/mol. The van der Waals surface area contributed by atoms with Crippen LogP contribution in [0.25, 0.3) is 5.57 Å². The molecule has 1 aliphatic heterocycles. The first-order chi connectivity index (χ1) is 9.13. The Labute approximate surface area is 111 Å². The van der Waals surface area contributed by atoms with Crippen molar-refractivity contribution >= 4 is 11.7 Å². The van der Waals surface area contributed by atoms with Crippen LogP contribution < -0.4 is 11.3 Å². The first kappa shape index (κ1) is 13.2. The molecule has 0 fully saturated rings. The molecule has 1 amide bonds. The number of aromatic nitrogens is 1. The number of amides is 1. The molecule has 0 atom stereocenters. The highest BCUT2D eigenvalue weighted by atomic mass is 16.6. The maximum absolute atomic E-state index is 11.6. The van der Waals surface area contributed by atoms with Crippen LogP contribution in [-0.4, -0.2) is 35.4 Å². The molecule has 19 heavy (non-hydrogen) atoms. The molecule has 0 aromatic carbocycles. The highest BCUT2D eigenvalue weighted by molar-refractivity contribution is 5.72. The number of carbonyl (C=O) groups excluding carboxylic acids is 1. The molecule has 3 N–H and O–H groups in total. The number of rotatable bonds is 2. The summed E-state index contributed by atoms with van der Waals surface area (Å²) in [6.07, 6.45) is 4.01. The number of nitrogens with two attached hydrogens (primary N) is 1. The molecule has 0 aliphatic carbocycles. The van der Waals surface area contributed by atoms with E-state index in [-0.39, 0.29) is 11.6 Å². The lowest BCUT2D eigenvalue weighted by Gasteiger charge is -2.25. The van der Waals surface area contributed by atoms with E-state index in [1.165, 1.54) is 4.68 Å². The van der Waals surface area contributed by atoms with Crippen molar-refractivity contribution in [3.8, 4) is 0 Å². The van der Waals surface area contributed by atoms with Gasteiger partial charge in [0.25, 0.3) is 0 Å². The van der Waals surface area contributed by atoms with Gasteiger partial charge >= 0.3 is 6.09 Å². The molecule has 0 saturated heterocycles. The molecule has 6 heteroatoms. The number of ether oxygens (including phenoxy) is 1. The molecule has 0 unspecified atom stereocenters. The van der Waals surface area contributed by atoms with Gasteiger partial charge in [-0.3, -0.25) is 10.1 Å². The minimum atomic E-state index is -0.286. The van der Waals surface area contributed by atoms with Crippen LogP contribution in [0.5, 0.6) is 0 Å². The van der Waals surface area contributed by atoms with Crippen molar-refractivity contribution in [3.05, 3.63) is 35.5 Å². The Morgan fingerprint density at radius 2 is 2.37 bits per heavy atom. The molecule has 1 aromatic heterocycles. The summed E-state index contributed by atoms with van der Waals surface area (Å²) in [7, 11) is 0. The average molecular weight is 262 g/mol. The second kappa shape index (κ2) is 5.60. The lowest BCUT2D eigenvalue weighted by molar-refractivity contribution is 0.111. The molecular weight excluding hydrogens is 244 g/mol. The second-order valence-corrected chi connectivity index (χ2v) is 4.30. The zero-order valence-electron chi connectivity index (χ0n) is 10.9. The lowest BCUT2D eigenvalue weighted by atomic mass is 10.0. The van der Waals surface area contributed by atoms with Crippen LogP contribution in [-0.2, 0) is 4.74 Å². The van der Waals surface area contributed by atoms with E-state index < -0.39 is 0 Å². The molecule has 1 aliphatic rings. The summed E-state index contributed by atoms with van der Waals surface area (Å²) in [5, 5.41) is 7.92. The van der Waals surface area contributed by atoms with Gasteiger partial charge in [0.15, 0.2) is 5.49 Å². The minimum absolute atomic E-state index is 0.276. The molecule has 0 bridgehead atoms. The van der Waals surface area contributed by atoms with Crippen molar-refractivity contribution in [2.75, 3.05) is 25.5 Å². The van der Waals surface area contributed by atoms with Crippen LogP contribution in [0.2, 0.25) is 0 Å². The van der Waals surface area contributed by atoms with E-state index in [4.69, 9.17) is 16.0 Å². The molecule has 6 nitrogen and oxygen atoms in total. The average Bonchev–Trinajstić information content (AvgIpc) is 2.42. The summed E-state index contributed by atoms with van der Waals surface area (Å²) in [5.41, 5.74) is 2.14. The zero-order valence-corrected chi connectivity index (χ0v) is 10.9. The van der Waals surface area contributed by atoms with Gasteiger partial charge in [-0.1, -0.05) is 6.08 Å². The quantitative estimate of drug-likeness (QED) is 0.777. The van der Waals surface area contributed by atoms with E-state index in [0.717, 1.165) is 11.1 Å². The van der Waals surface area contributed by atoms with E-state index in [1.807, 2.05) is 18.2 Å². The zero-order chi connectivity index (χ0) is 13.8. The van der Waals surface area contributed by atoms with Gasteiger partial charge in [-0.25, -0.2) is 4.79 Å². The van der Waals surface area contributed by atoms with Crippen LogP contribution in [0.1, 0.15) is 18.9 Å². The van der Waals surface area contributed by atoms with Crippen LogP contribution in [0, 0.1) is 5.41 Å². The summed E-state index contributed by atoms with van der Waals surface area (Å²) in [6.45, 7) is 3.28. The van der Waals surface area contributed by atoms with Crippen molar-refractivity contribution < 1.29 is 9.53 Å². The fraction of sp³-hybridized carbons (Fsp3) is 0.385. The van der Waals surface area contributed by atoms with Gasteiger partial charge in [-0.2, -0.15) is 0 Å². The maximum Gasteiger partial charge on any atom is 0.410 e. The highest BCUT2D eigenvalue weighted by Crippen LogP contribution is 2.19. The fourth-order valence-corrected chi connectivity index (χ4v) is 2.08.